The molecule has 0 aliphatic rings. The molecule has 0 amide bonds. The number of hydrogen-bond donors (Lipinski definition) is 0. The van der Waals surface area contributed by atoms with E-state index in [-0.39, 0.29) is 11.7 Å². The fourth-order valence-corrected chi connectivity index (χ4v) is 1.16. The van der Waals surface area contributed by atoms with Gasteiger partial charge in [-0.15, -0.1) is 0 Å². The SMILES string of the molecule is Cc1nncc(F)c1C(C)C. The average molecular weight is 154 g/mol. The Bertz CT molecular complexity index is 238. The van der Waals surface area contributed by atoms with Gasteiger partial charge in [-0.1, -0.05) is 13.8 Å². The second kappa shape index (κ2) is 2.95. The first-order valence-corrected chi connectivity index (χ1v) is 3.60. The molecule has 0 aliphatic heterocycles. The van der Waals surface area contributed by atoms with E-state index in [1.807, 2.05) is 13.8 Å². The molecule has 0 spiro atoms. The molecule has 0 bridgehead atoms. The normalized spacial score (nSPS) is 10.6. The maximum absolute atomic E-state index is 13.0. The maximum atomic E-state index is 13.0. The van der Waals surface area contributed by atoms with Gasteiger partial charge in [0, 0.05) is 5.56 Å². The van der Waals surface area contributed by atoms with Gasteiger partial charge in [-0.3, -0.25) is 0 Å². The molecule has 2 nitrogen and oxygen atoms in total. The topological polar surface area (TPSA) is 25.8 Å². The molecule has 60 valence electrons. The highest BCUT2D eigenvalue weighted by molar-refractivity contribution is 5.21. The van der Waals surface area contributed by atoms with Gasteiger partial charge in [0.15, 0.2) is 0 Å². The van der Waals surface area contributed by atoms with Gasteiger partial charge in [0.2, 0.25) is 0 Å². The predicted molar refractivity (Wildman–Crippen MR) is 40.8 cm³/mol. The first-order valence-electron chi connectivity index (χ1n) is 3.60. The first kappa shape index (κ1) is 8.11. The van der Waals surface area contributed by atoms with E-state index >= 15 is 0 Å². The second-order valence-electron chi connectivity index (χ2n) is 2.85. The lowest BCUT2D eigenvalue weighted by atomic mass is 10.0. The third-order valence-electron chi connectivity index (χ3n) is 1.60. The van der Waals surface area contributed by atoms with Crippen molar-refractivity contribution in [2.75, 3.05) is 0 Å². The fraction of sp³-hybridized carbons (Fsp3) is 0.500. The zero-order valence-corrected chi connectivity index (χ0v) is 6.93. The van der Waals surface area contributed by atoms with Crippen molar-refractivity contribution in [3.63, 3.8) is 0 Å². The molecule has 0 atom stereocenters. The van der Waals surface area contributed by atoms with Gasteiger partial charge >= 0.3 is 0 Å². The molecule has 0 aromatic carbocycles. The highest BCUT2D eigenvalue weighted by Gasteiger charge is 2.10. The lowest BCUT2D eigenvalue weighted by molar-refractivity contribution is 0.579. The molecular weight excluding hydrogens is 143 g/mol. The van der Waals surface area contributed by atoms with E-state index in [2.05, 4.69) is 10.2 Å². The molecule has 0 unspecified atom stereocenters. The van der Waals surface area contributed by atoms with Crippen molar-refractivity contribution < 1.29 is 4.39 Å². The van der Waals surface area contributed by atoms with E-state index in [4.69, 9.17) is 0 Å². The Balaban J connectivity index is 3.21. The number of hydrogen-bond acceptors (Lipinski definition) is 2. The van der Waals surface area contributed by atoms with Crippen LogP contribution in [0.5, 0.6) is 0 Å². The Morgan fingerprint density at radius 2 is 2.09 bits per heavy atom. The van der Waals surface area contributed by atoms with Crippen LogP contribution in [0.4, 0.5) is 4.39 Å². The summed E-state index contributed by atoms with van der Waals surface area (Å²) in [5.74, 6) is -0.0852. The van der Waals surface area contributed by atoms with Crippen LogP contribution in [-0.2, 0) is 0 Å². The number of aromatic nitrogens is 2. The van der Waals surface area contributed by atoms with Crippen LogP contribution in [0, 0.1) is 12.7 Å². The van der Waals surface area contributed by atoms with Crippen LogP contribution >= 0.6 is 0 Å². The van der Waals surface area contributed by atoms with E-state index in [9.17, 15) is 4.39 Å². The molecule has 0 saturated heterocycles. The molecule has 0 N–H and O–H groups in total. The van der Waals surface area contributed by atoms with Crippen LogP contribution in [0.3, 0.4) is 0 Å². The molecule has 0 saturated carbocycles. The molecule has 1 rings (SSSR count). The lowest BCUT2D eigenvalue weighted by Gasteiger charge is -2.07. The quantitative estimate of drug-likeness (QED) is 0.618. The monoisotopic (exact) mass is 154 g/mol. The predicted octanol–water partition coefficient (Wildman–Crippen LogP) is 2.05. The summed E-state index contributed by atoms with van der Waals surface area (Å²) >= 11 is 0. The molecule has 0 aliphatic carbocycles. The molecule has 1 aromatic rings. The Morgan fingerprint density at radius 1 is 1.45 bits per heavy atom. The Hall–Kier alpha value is -0.990. The van der Waals surface area contributed by atoms with Gasteiger partial charge in [-0.05, 0) is 12.8 Å². The summed E-state index contributed by atoms with van der Waals surface area (Å²) in [6, 6.07) is 0. The highest BCUT2D eigenvalue weighted by Crippen LogP contribution is 2.18. The maximum Gasteiger partial charge on any atom is 0.148 e. The summed E-state index contributed by atoms with van der Waals surface area (Å²) < 4.78 is 13.0. The van der Waals surface area contributed by atoms with E-state index < -0.39 is 0 Å². The summed E-state index contributed by atoms with van der Waals surface area (Å²) in [5, 5.41) is 7.27. The van der Waals surface area contributed by atoms with Gasteiger partial charge in [-0.2, -0.15) is 10.2 Å². The zero-order chi connectivity index (χ0) is 8.43. The first-order chi connectivity index (χ1) is 5.13. The fourth-order valence-electron chi connectivity index (χ4n) is 1.16. The Labute approximate surface area is 65.5 Å². The summed E-state index contributed by atoms with van der Waals surface area (Å²) in [5.41, 5.74) is 1.35. The molecule has 11 heavy (non-hydrogen) atoms. The average Bonchev–Trinajstić information content (AvgIpc) is 1.85. The molecule has 0 fully saturated rings. The van der Waals surface area contributed by atoms with Crippen LogP contribution in [0.1, 0.15) is 31.0 Å². The minimum absolute atomic E-state index is 0.172. The van der Waals surface area contributed by atoms with Gasteiger partial charge in [-0.25, -0.2) is 4.39 Å². The van der Waals surface area contributed by atoms with Crippen LogP contribution in [0.2, 0.25) is 0 Å². The van der Waals surface area contributed by atoms with Crippen molar-refractivity contribution in [1.82, 2.24) is 10.2 Å². The van der Waals surface area contributed by atoms with Crippen molar-refractivity contribution >= 4 is 0 Å². The van der Waals surface area contributed by atoms with Crippen molar-refractivity contribution in [1.29, 1.82) is 0 Å². The summed E-state index contributed by atoms with van der Waals surface area (Å²) in [6.45, 7) is 5.64. The van der Waals surface area contributed by atoms with Crippen LogP contribution in [-0.4, -0.2) is 10.2 Å². The largest absolute Gasteiger partial charge is 0.205 e. The number of aryl methyl sites for hydroxylation is 1. The van der Waals surface area contributed by atoms with Gasteiger partial charge < -0.3 is 0 Å². The van der Waals surface area contributed by atoms with Gasteiger partial charge in [0.25, 0.3) is 0 Å². The van der Waals surface area contributed by atoms with E-state index in [0.29, 0.717) is 11.3 Å². The minimum Gasteiger partial charge on any atom is -0.205 e. The third kappa shape index (κ3) is 1.53. The van der Waals surface area contributed by atoms with E-state index in [1.54, 1.807) is 6.92 Å². The lowest BCUT2D eigenvalue weighted by Crippen LogP contribution is -2.00. The third-order valence-corrected chi connectivity index (χ3v) is 1.60. The van der Waals surface area contributed by atoms with Crippen LogP contribution < -0.4 is 0 Å². The van der Waals surface area contributed by atoms with E-state index in [0.717, 1.165) is 6.20 Å². The van der Waals surface area contributed by atoms with E-state index in [1.165, 1.54) is 0 Å². The van der Waals surface area contributed by atoms with Crippen molar-refractivity contribution in [3.05, 3.63) is 23.3 Å². The summed E-state index contributed by atoms with van der Waals surface area (Å²) in [4.78, 5) is 0. The number of rotatable bonds is 1. The number of halogens is 1. The summed E-state index contributed by atoms with van der Waals surface area (Å²) in [7, 11) is 0. The molecule has 1 aromatic heterocycles. The van der Waals surface area contributed by atoms with Crippen molar-refractivity contribution in [2.45, 2.75) is 26.7 Å². The van der Waals surface area contributed by atoms with Gasteiger partial charge in [0.05, 0.1) is 11.9 Å². The molecular formula is C8H11FN2. The van der Waals surface area contributed by atoms with Crippen molar-refractivity contribution in [3.8, 4) is 0 Å². The minimum atomic E-state index is -0.257. The standard InChI is InChI=1S/C8H11FN2/c1-5(2)8-6(3)11-10-4-7(8)9/h4-5H,1-3H3. The van der Waals surface area contributed by atoms with Crippen LogP contribution in [0.15, 0.2) is 6.20 Å². The Kier molecular flexibility index (Phi) is 2.17. The van der Waals surface area contributed by atoms with Crippen LogP contribution in [0.25, 0.3) is 0 Å². The van der Waals surface area contributed by atoms with Crippen molar-refractivity contribution in [2.24, 2.45) is 0 Å². The highest BCUT2D eigenvalue weighted by atomic mass is 19.1. The summed E-state index contributed by atoms with van der Waals surface area (Å²) in [6.07, 6.45) is 1.16. The molecule has 3 heteroatoms. The Morgan fingerprint density at radius 3 is 2.45 bits per heavy atom. The number of nitrogens with zero attached hydrogens (tertiary/aromatic N) is 2. The zero-order valence-electron chi connectivity index (χ0n) is 6.93. The molecule has 1 heterocycles. The molecule has 0 radical (unpaired) electrons. The van der Waals surface area contributed by atoms with Gasteiger partial charge in [0.1, 0.15) is 5.82 Å². The smallest absolute Gasteiger partial charge is 0.148 e. The second-order valence-corrected chi connectivity index (χ2v) is 2.85.